The zero-order valence-corrected chi connectivity index (χ0v) is 20.3. The van der Waals surface area contributed by atoms with E-state index in [0.29, 0.717) is 0 Å². The van der Waals surface area contributed by atoms with E-state index in [1.807, 2.05) is 37.3 Å². The van der Waals surface area contributed by atoms with E-state index in [2.05, 4.69) is 97.9 Å². The quantitative estimate of drug-likeness (QED) is 0.264. The topological polar surface area (TPSA) is 15.8 Å². The van der Waals surface area contributed by atoms with Gasteiger partial charge in [0, 0.05) is 42.3 Å². The molecular formula is C31H29NS. The van der Waals surface area contributed by atoms with Crippen LogP contribution in [0.5, 0.6) is 0 Å². The molecule has 0 aliphatic heterocycles. The van der Waals surface area contributed by atoms with Crippen molar-refractivity contribution in [3.63, 3.8) is 0 Å². The third-order valence-corrected chi connectivity index (χ3v) is 6.77. The first kappa shape index (κ1) is 22.6. The second kappa shape index (κ2) is 9.89. The van der Waals surface area contributed by atoms with Crippen molar-refractivity contribution in [1.82, 2.24) is 4.98 Å². The number of H-pyrrole nitrogens is 1. The summed E-state index contributed by atoms with van der Waals surface area (Å²) in [7, 11) is 0. The predicted molar refractivity (Wildman–Crippen MR) is 151 cm³/mol. The largest absolute Gasteiger partial charge is 0.354 e. The molecule has 0 fully saturated rings. The number of benzene rings is 3. The second-order valence-corrected chi connectivity index (χ2v) is 9.23. The minimum atomic E-state index is 1.08. The summed E-state index contributed by atoms with van der Waals surface area (Å²) in [5.74, 6) is 0. The third kappa shape index (κ3) is 4.48. The van der Waals surface area contributed by atoms with E-state index in [-0.39, 0.29) is 0 Å². The van der Waals surface area contributed by atoms with Crippen LogP contribution in [0.1, 0.15) is 32.0 Å². The average Bonchev–Trinajstić information content (AvgIpc) is 3.37. The first-order chi connectivity index (χ1) is 16.1. The maximum Gasteiger partial charge on any atom is 0.0479 e. The molecule has 164 valence electrons. The van der Waals surface area contributed by atoms with Gasteiger partial charge < -0.3 is 4.98 Å². The highest BCUT2D eigenvalue weighted by Gasteiger charge is 2.15. The molecule has 0 saturated carbocycles. The summed E-state index contributed by atoms with van der Waals surface area (Å²) in [6.45, 7) is 13.6. The summed E-state index contributed by atoms with van der Waals surface area (Å²) in [6.07, 6.45) is 9.93. The number of hydrogen-bond acceptors (Lipinski definition) is 1. The lowest BCUT2D eigenvalue weighted by molar-refractivity contribution is 1.40. The van der Waals surface area contributed by atoms with Gasteiger partial charge in [0.15, 0.2) is 0 Å². The Morgan fingerprint density at radius 3 is 2.33 bits per heavy atom. The van der Waals surface area contributed by atoms with E-state index in [4.69, 9.17) is 0 Å². The molecule has 0 amide bonds. The molecule has 3 aromatic carbocycles. The van der Waals surface area contributed by atoms with Gasteiger partial charge in [-0.3, -0.25) is 0 Å². The number of thiophene rings is 1. The Morgan fingerprint density at radius 2 is 1.70 bits per heavy atom. The fourth-order valence-corrected chi connectivity index (χ4v) is 5.35. The van der Waals surface area contributed by atoms with Gasteiger partial charge in [0.05, 0.1) is 0 Å². The molecule has 0 spiro atoms. The van der Waals surface area contributed by atoms with Crippen LogP contribution < -0.4 is 0 Å². The fourth-order valence-electron chi connectivity index (χ4n) is 4.11. The van der Waals surface area contributed by atoms with Crippen LogP contribution >= 0.6 is 11.3 Å². The highest BCUT2D eigenvalue weighted by molar-refractivity contribution is 7.26. The zero-order valence-electron chi connectivity index (χ0n) is 19.5. The van der Waals surface area contributed by atoms with E-state index in [1.54, 1.807) is 6.08 Å². The molecule has 1 N–H and O–H groups in total. The molecule has 0 radical (unpaired) electrons. The van der Waals surface area contributed by atoms with Crippen LogP contribution in [-0.4, -0.2) is 4.98 Å². The smallest absolute Gasteiger partial charge is 0.0479 e. The van der Waals surface area contributed by atoms with E-state index in [1.165, 1.54) is 53.3 Å². The van der Waals surface area contributed by atoms with Gasteiger partial charge in [0.1, 0.15) is 0 Å². The molecule has 33 heavy (non-hydrogen) atoms. The first-order valence-corrected chi connectivity index (χ1v) is 12.0. The molecule has 0 atom stereocenters. The van der Waals surface area contributed by atoms with Gasteiger partial charge in [-0.2, -0.15) is 0 Å². The molecule has 2 aromatic heterocycles. The van der Waals surface area contributed by atoms with Crippen LogP contribution in [0.4, 0.5) is 0 Å². The molecule has 5 aromatic rings. The molecule has 1 nitrogen and oxygen atoms in total. The lowest BCUT2D eigenvalue weighted by atomic mass is 10.0. The van der Waals surface area contributed by atoms with Crippen molar-refractivity contribution in [2.24, 2.45) is 0 Å². The normalized spacial score (nSPS) is 11.0. The van der Waals surface area contributed by atoms with Crippen LogP contribution in [0.2, 0.25) is 0 Å². The molecular weight excluding hydrogens is 418 g/mol. The van der Waals surface area contributed by atoms with Gasteiger partial charge in [-0.05, 0) is 56.2 Å². The van der Waals surface area contributed by atoms with Crippen molar-refractivity contribution in [2.45, 2.75) is 20.8 Å². The number of hydrogen-bond donors (Lipinski definition) is 1. The highest BCUT2D eigenvalue weighted by Crippen LogP contribution is 2.42. The molecule has 0 saturated heterocycles. The molecule has 0 aliphatic carbocycles. The lowest BCUT2D eigenvalue weighted by Crippen LogP contribution is -1.76. The first-order valence-electron chi connectivity index (χ1n) is 11.1. The van der Waals surface area contributed by atoms with Gasteiger partial charge in [-0.25, -0.2) is 0 Å². The second-order valence-electron chi connectivity index (χ2n) is 8.18. The minimum Gasteiger partial charge on any atom is -0.354 e. The average molecular weight is 448 g/mol. The minimum absolute atomic E-state index is 1.08. The van der Waals surface area contributed by atoms with E-state index >= 15 is 0 Å². The van der Waals surface area contributed by atoms with Gasteiger partial charge in [-0.1, -0.05) is 85.5 Å². The molecule has 2 heteroatoms. The summed E-state index contributed by atoms with van der Waals surface area (Å²) in [4.78, 5) is 3.51. The predicted octanol–water partition coefficient (Wildman–Crippen LogP) is 10.0. The van der Waals surface area contributed by atoms with Crippen LogP contribution in [-0.2, 0) is 0 Å². The Morgan fingerprint density at radius 1 is 0.909 bits per heavy atom. The maximum absolute atomic E-state index is 3.98. The van der Waals surface area contributed by atoms with Crippen LogP contribution in [0.25, 0.3) is 54.4 Å². The van der Waals surface area contributed by atoms with Crippen LogP contribution in [0, 0.1) is 0 Å². The van der Waals surface area contributed by atoms with Crippen molar-refractivity contribution >= 4 is 54.6 Å². The standard InChI is InChI=1S/C25H19NS.C6H10/c1-3-8-19-21(4-2)26-22-13-12-18-20-15-17(16-9-6-5-7-10-16)11-14-23(20)27-25(18)24(19)22;1-4-5-6(2)3/h3-15,26H,2H2,1H3;4-5H,1H2,2-3H3/b8-3-;. The summed E-state index contributed by atoms with van der Waals surface area (Å²) in [5.41, 5.74) is 7.29. The number of aromatic amines is 1. The molecule has 2 heterocycles. The van der Waals surface area contributed by atoms with E-state index < -0.39 is 0 Å². The van der Waals surface area contributed by atoms with Crippen molar-refractivity contribution in [1.29, 1.82) is 0 Å². The molecule has 0 bridgehead atoms. The molecule has 5 rings (SSSR count). The fraction of sp³-hybridized carbons (Fsp3) is 0.0968. The SMILES string of the molecule is C=CC=C(C)C.C=Cc1[nH]c2ccc3c4cc(-c5ccccc5)ccc4sc3c2c1/C=C\C. The van der Waals surface area contributed by atoms with Gasteiger partial charge in [-0.15, -0.1) is 11.3 Å². The van der Waals surface area contributed by atoms with Crippen LogP contribution in [0.15, 0.2) is 97.6 Å². The van der Waals surface area contributed by atoms with E-state index in [9.17, 15) is 0 Å². The lowest BCUT2D eigenvalue weighted by Gasteiger charge is -2.02. The third-order valence-electron chi connectivity index (χ3n) is 5.56. The maximum atomic E-state index is 3.98. The van der Waals surface area contributed by atoms with Crippen molar-refractivity contribution in [3.8, 4) is 11.1 Å². The Kier molecular flexibility index (Phi) is 6.76. The summed E-state index contributed by atoms with van der Waals surface area (Å²) in [6, 6.07) is 21.8. The summed E-state index contributed by atoms with van der Waals surface area (Å²) < 4.78 is 2.66. The van der Waals surface area contributed by atoms with Crippen molar-refractivity contribution < 1.29 is 0 Å². The Balaban J connectivity index is 0.000000385. The van der Waals surface area contributed by atoms with Gasteiger partial charge in [0.25, 0.3) is 0 Å². The molecule has 0 aliphatic rings. The van der Waals surface area contributed by atoms with Crippen molar-refractivity contribution in [2.75, 3.05) is 0 Å². The number of aromatic nitrogens is 1. The number of fused-ring (bicyclic) bond motifs is 5. The molecule has 0 unspecified atom stereocenters. The monoisotopic (exact) mass is 447 g/mol. The summed E-state index contributed by atoms with van der Waals surface area (Å²) in [5, 5.41) is 3.94. The zero-order chi connectivity index (χ0) is 23.4. The Bertz CT molecular complexity index is 1500. The highest BCUT2D eigenvalue weighted by atomic mass is 32.1. The van der Waals surface area contributed by atoms with Gasteiger partial charge >= 0.3 is 0 Å². The number of rotatable bonds is 4. The van der Waals surface area contributed by atoms with E-state index in [0.717, 1.165) is 5.69 Å². The van der Waals surface area contributed by atoms with Gasteiger partial charge in [0.2, 0.25) is 0 Å². The van der Waals surface area contributed by atoms with Crippen molar-refractivity contribution in [3.05, 3.63) is 109 Å². The van der Waals surface area contributed by atoms with Crippen LogP contribution in [0.3, 0.4) is 0 Å². The Hall–Kier alpha value is -3.62. The Labute approximate surface area is 200 Å². The number of allylic oxidation sites excluding steroid dienone is 4. The number of nitrogens with one attached hydrogen (secondary N) is 1. The summed E-state index contributed by atoms with van der Waals surface area (Å²) >= 11 is 1.87.